The maximum absolute atomic E-state index is 11.4. The van der Waals surface area contributed by atoms with Crippen molar-refractivity contribution in [1.82, 2.24) is 0 Å². The molecule has 0 aromatic heterocycles. The summed E-state index contributed by atoms with van der Waals surface area (Å²) in [5.41, 5.74) is 0.380. The van der Waals surface area contributed by atoms with E-state index in [1.807, 2.05) is 6.92 Å². The molecule has 2 atom stereocenters. The highest BCUT2D eigenvalue weighted by Crippen LogP contribution is 2.39. The van der Waals surface area contributed by atoms with Gasteiger partial charge >= 0.3 is 5.97 Å². The number of carbonyl (C=O) groups is 1. The first-order valence-corrected chi connectivity index (χ1v) is 6.69. The van der Waals surface area contributed by atoms with Crippen LogP contribution in [0.2, 0.25) is 0 Å². The average molecular weight is 254 g/mol. The summed E-state index contributed by atoms with van der Waals surface area (Å²) in [4.78, 5) is 11.4. The lowest BCUT2D eigenvalue weighted by molar-refractivity contribution is -0.229. The van der Waals surface area contributed by atoms with Crippen LogP contribution in [0, 0.1) is 5.92 Å². The van der Waals surface area contributed by atoms with Gasteiger partial charge in [-0.25, -0.2) is 4.79 Å². The third-order valence-corrected chi connectivity index (χ3v) is 3.81. The third kappa shape index (κ3) is 2.93. The quantitative estimate of drug-likeness (QED) is 0.574. The van der Waals surface area contributed by atoms with E-state index < -0.39 is 18.0 Å². The molecule has 1 aliphatic carbocycles. The first kappa shape index (κ1) is 13.6. The van der Waals surface area contributed by atoms with Gasteiger partial charge in [-0.15, -0.1) is 0 Å². The van der Waals surface area contributed by atoms with E-state index in [2.05, 4.69) is 6.58 Å². The van der Waals surface area contributed by atoms with E-state index >= 15 is 0 Å². The van der Waals surface area contributed by atoms with E-state index in [-0.39, 0.29) is 0 Å². The Bertz CT molecular complexity index is 333. The smallest absolute Gasteiger partial charge is 0.335 e. The highest BCUT2D eigenvalue weighted by Gasteiger charge is 2.45. The zero-order valence-electron chi connectivity index (χ0n) is 11.2. The van der Waals surface area contributed by atoms with Gasteiger partial charge in [-0.05, 0) is 26.7 Å². The predicted octanol–water partition coefficient (Wildman–Crippen LogP) is 2.78. The van der Waals surface area contributed by atoms with Gasteiger partial charge in [-0.1, -0.05) is 25.8 Å². The van der Waals surface area contributed by atoms with Gasteiger partial charge in [0.05, 0.1) is 0 Å². The Kier molecular flexibility index (Phi) is 4.07. The molecule has 0 amide bonds. The van der Waals surface area contributed by atoms with Gasteiger partial charge in [-0.2, -0.15) is 0 Å². The lowest BCUT2D eigenvalue weighted by atomic mass is 9.84. The highest BCUT2D eigenvalue weighted by atomic mass is 16.8. The average Bonchev–Trinajstić information content (AvgIpc) is 2.73. The zero-order chi connectivity index (χ0) is 13.2. The maximum Gasteiger partial charge on any atom is 0.335 e. The first-order chi connectivity index (χ1) is 8.51. The molecule has 2 fully saturated rings. The van der Waals surface area contributed by atoms with Gasteiger partial charge < -0.3 is 14.2 Å². The number of carbonyl (C=O) groups excluding carboxylic acids is 1. The fourth-order valence-electron chi connectivity index (χ4n) is 2.68. The summed E-state index contributed by atoms with van der Waals surface area (Å²) in [6.07, 6.45) is 5.39. The van der Waals surface area contributed by atoms with Crippen LogP contribution in [-0.2, 0) is 19.0 Å². The van der Waals surface area contributed by atoms with Crippen molar-refractivity contribution in [2.45, 2.75) is 58.0 Å². The van der Waals surface area contributed by atoms with Gasteiger partial charge in [0.1, 0.15) is 6.61 Å². The molecule has 1 heterocycles. The Labute approximate surface area is 108 Å². The van der Waals surface area contributed by atoms with Crippen LogP contribution in [0.25, 0.3) is 0 Å². The van der Waals surface area contributed by atoms with E-state index in [4.69, 9.17) is 14.2 Å². The standard InChI is InChI=1S/C14H22O4/c1-10(2)13(15)17-12-9-16-14(3,18-12)11-7-5-4-6-8-11/h11-12H,1,4-9H2,2-3H3. The molecule has 0 aromatic carbocycles. The van der Waals surface area contributed by atoms with Crippen LogP contribution in [0.15, 0.2) is 12.2 Å². The Balaban J connectivity index is 1.89. The van der Waals surface area contributed by atoms with Crippen LogP contribution in [0.5, 0.6) is 0 Å². The summed E-state index contributed by atoms with van der Waals surface area (Å²) in [5, 5.41) is 0. The van der Waals surface area contributed by atoms with E-state index in [9.17, 15) is 4.79 Å². The molecular weight excluding hydrogens is 232 g/mol. The highest BCUT2D eigenvalue weighted by molar-refractivity contribution is 5.87. The minimum Gasteiger partial charge on any atom is -0.430 e. The van der Waals surface area contributed by atoms with Gasteiger partial charge in [0.25, 0.3) is 0 Å². The molecule has 1 aliphatic heterocycles. The zero-order valence-corrected chi connectivity index (χ0v) is 11.2. The van der Waals surface area contributed by atoms with Crippen LogP contribution in [-0.4, -0.2) is 24.7 Å². The molecule has 102 valence electrons. The summed E-state index contributed by atoms with van der Waals surface area (Å²) < 4.78 is 16.7. The van der Waals surface area contributed by atoms with Crippen molar-refractivity contribution in [3.8, 4) is 0 Å². The molecule has 0 spiro atoms. The van der Waals surface area contributed by atoms with Crippen LogP contribution >= 0.6 is 0 Å². The third-order valence-electron chi connectivity index (χ3n) is 3.81. The van der Waals surface area contributed by atoms with Gasteiger partial charge in [-0.3, -0.25) is 0 Å². The van der Waals surface area contributed by atoms with E-state index in [0.29, 0.717) is 18.1 Å². The Morgan fingerprint density at radius 1 is 1.33 bits per heavy atom. The summed E-state index contributed by atoms with van der Waals surface area (Å²) in [6.45, 7) is 7.44. The fraction of sp³-hybridized carbons (Fsp3) is 0.786. The molecule has 2 unspecified atom stereocenters. The van der Waals surface area contributed by atoms with Crippen molar-refractivity contribution in [2.75, 3.05) is 6.61 Å². The van der Waals surface area contributed by atoms with E-state index in [1.54, 1.807) is 6.92 Å². The monoisotopic (exact) mass is 254 g/mol. The Morgan fingerprint density at radius 2 is 2.00 bits per heavy atom. The van der Waals surface area contributed by atoms with E-state index in [1.165, 1.54) is 19.3 Å². The largest absolute Gasteiger partial charge is 0.430 e. The maximum atomic E-state index is 11.4. The van der Waals surface area contributed by atoms with Crippen molar-refractivity contribution in [3.05, 3.63) is 12.2 Å². The Hall–Kier alpha value is -0.870. The van der Waals surface area contributed by atoms with Crippen LogP contribution in [0.1, 0.15) is 46.0 Å². The van der Waals surface area contributed by atoms with Crippen molar-refractivity contribution < 1.29 is 19.0 Å². The minimum atomic E-state index is -0.597. The molecule has 2 aliphatic rings. The van der Waals surface area contributed by atoms with Crippen LogP contribution < -0.4 is 0 Å². The molecular formula is C14H22O4. The summed E-state index contributed by atoms with van der Waals surface area (Å²) >= 11 is 0. The number of ether oxygens (including phenoxy) is 3. The van der Waals surface area contributed by atoms with Crippen molar-refractivity contribution >= 4 is 5.97 Å². The second kappa shape index (κ2) is 5.41. The molecule has 1 saturated carbocycles. The minimum absolute atomic E-state index is 0.312. The van der Waals surface area contributed by atoms with Gasteiger partial charge in [0.15, 0.2) is 5.79 Å². The molecule has 0 radical (unpaired) electrons. The lowest BCUT2D eigenvalue weighted by Gasteiger charge is -2.34. The van der Waals surface area contributed by atoms with Gasteiger partial charge in [0, 0.05) is 11.5 Å². The number of hydrogen-bond acceptors (Lipinski definition) is 4. The predicted molar refractivity (Wildman–Crippen MR) is 66.7 cm³/mol. The molecule has 0 N–H and O–H groups in total. The molecule has 4 heteroatoms. The SMILES string of the molecule is C=C(C)C(=O)OC1COC(C)(C2CCCCC2)O1. The number of esters is 1. The van der Waals surface area contributed by atoms with Crippen molar-refractivity contribution in [3.63, 3.8) is 0 Å². The lowest BCUT2D eigenvalue weighted by Crippen LogP contribution is -2.38. The molecule has 0 aromatic rings. The second-order valence-electron chi connectivity index (χ2n) is 5.39. The summed E-state index contributed by atoms with van der Waals surface area (Å²) in [7, 11) is 0. The normalized spacial score (nSPS) is 33.3. The van der Waals surface area contributed by atoms with Crippen molar-refractivity contribution in [1.29, 1.82) is 0 Å². The number of rotatable bonds is 3. The van der Waals surface area contributed by atoms with Gasteiger partial charge in [0.2, 0.25) is 6.29 Å². The molecule has 1 saturated heterocycles. The summed E-state index contributed by atoms with van der Waals surface area (Å²) in [5.74, 6) is -0.614. The first-order valence-electron chi connectivity index (χ1n) is 6.69. The van der Waals surface area contributed by atoms with E-state index in [0.717, 1.165) is 12.8 Å². The topological polar surface area (TPSA) is 44.8 Å². The molecule has 2 rings (SSSR count). The second-order valence-corrected chi connectivity index (χ2v) is 5.39. The number of hydrogen-bond donors (Lipinski definition) is 0. The van der Waals surface area contributed by atoms with Crippen molar-refractivity contribution in [2.24, 2.45) is 5.92 Å². The Morgan fingerprint density at radius 3 is 2.61 bits per heavy atom. The van der Waals surface area contributed by atoms with Crippen LogP contribution in [0.3, 0.4) is 0 Å². The molecule has 4 nitrogen and oxygen atoms in total. The molecule has 18 heavy (non-hydrogen) atoms. The van der Waals surface area contributed by atoms with Crippen LogP contribution in [0.4, 0.5) is 0 Å². The fourth-order valence-corrected chi connectivity index (χ4v) is 2.68. The summed E-state index contributed by atoms with van der Waals surface area (Å²) in [6, 6.07) is 0. The molecule has 0 bridgehead atoms.